The molecule has 2 N–H and O–H groups in total. The van der Waals surface area contributed by atoms with Gasteiger partial charge >= 0.3 is 0 Å². The van der Waals surface area contributed by atoms with Gasteiger partial charge < -0.3 is 15.0 Å². The summed E-state index contributed by atoms with van der Waals surface area (Å²) >= 11 is 0. The molecule has 1 aliphatic heterocycles. The standard InChI is InChI=1S/C24H23N5O2/c1-13-11-25-14(2)23(27-13)16-5-7-22-18(8-16)9-19(31-22)12-26-24(30)17-4-6-20-21(10-17)29-15(3)28-20/h4-8,10-11,19H,9,12H2,1-3H3,(H,26,30)(H,28,29). The molecule has 1 atom stereocenters. The number of ether oxygens (including phenoxy) is 1. The van der Waals surface area contributed by atoms with Crippen LogP contribution < -0.4 is 10.1 Å². The summed E-state index contributed by atoms with van der Waals surface area (Å²) in [5.74, 6) is 1.56. The van der Waals surface area contributed by atoms with E-state index in [1.165, 1.54) is 0 Å². The van der Waals surface area contributed by atoms with Gasteiger partial charge in [-0.3, -0.25) is 9.78 Å². The SMILES string of the molecule is Cc1cnc(C)c(-c2ccc3c(c2)CC(CNC(=O)c2ccc4nc(C)[nH]c4c2)O3)n1. The van der Waals surface area contributed by atoms with Crippen LogP contribution in [0, 0.1) is 20.8 Å². The molecule has 0 saturated heterocycles. The molecule has 31 heavy (non-hydrogen) atoms. The van der Waals surface area contributed by atoms with E-state index in [-0.39, 0.29) is 12.0 Å². The molecular formula is C24H23N5O2. The van der Waals surface area contributed by atoms with Crippen LogP contribution in [0.1, 0.15) is 33.1 Å². The highest BCUT2D eigenvalue weighted by Crippen LogP contribution is 2.33. The van der Waals surface area contributed by atoms with Gasteiger partial charge in [0.15, 0.2) is 0 Å². The summed E-state index contributed by atoms with van der Waals surface area (Å²) in [5.41, 5.74) is 7.15. The molecule has 1 unspecified atom stereocenters. The number of nitrogens with one attached hydrogen (secondary N) is 2. The summed E-state index contributed by atoms with van der Waals surface area (Å²) < 4.78 is 6.04. The van der Waals surface area contributed by atoms with Crippen molar-refractivity contribution in [2.75, 3.05) is 6.54 Å². The highest BCUT2D eigenvalue weighted by molar-refractivity contribution is 5.97. The van der Waals surface area contributed by atoms with E-state index >= 15 is 0 Å². The summed E-state index contributed by atoms with van der Waals surface area (Å²) in [7, 11) is 0. The van der Waals surface area contributed by atoms with Crippen molar-refractivity contribution in [2.45, 2.75) is 33.3 Å². The molecule has 0 bridgehead atoms. The maximum atomic E-state index is 12.6. The number of hydrogen-bond donors (Lipinski definition) is 2. The number of aromatic amines is 1. The molecule has 0 saturated carbocycles. The summed E-state index contributed by atoms with van der Waals surface area (Å²) in [5, 5.41) is 2.99. The van der Waals surface area contributed by atoms with Crippen molar-refractivity contribution >= 4 is 16.9 Å². The Labute approximate surface area is 179 Å². The fraction of sp³-hybridized carbons (Fsp3) is 0.250. The summed E-state index contributed by atoms with van der Waals surface area (Å²) in [6.07, 6.45) is 2.41. The van der Waals surface area contributed by atoms with Crippen molar-refractivity contribution in [1.82, 2.24) is 25.3 Å². The second kappa shape index (κ2) is 7.50. The van der Waals surface area contributed by atoms with Gasteiger partial charge in [-0.2, -0.15) is 0 Å². The molecule has 1 amide bonds. The molecule has 4 aromatic rings. The smallest absolute Gasteiger partial charge is 0.251 e. The summed E-state index contributed by atoms with van der Waals surface area (Å²) in [6, 6.07) is 11.6. The van der Waals surface area contributed by atoms with Crippen LogP contribution in [-0.2, 0) is 6.42 Å². The van der Waals surface area contributed by atoms with Gasteiger partial charge in [0.1, 0.15) is 17.7 Å². The molecule has 2 aromatic heterocycles. The van der Waals surface area contributed by atoms with Crippen molar-refractivity contribution in [2.24, 2.45) is 0 Å². The Bertz CT molecular complexity index is 1310. The van der Waals surface area contributed by atoms with E-state index in [2.05, 4.69) is 31.3 Å². The quantitative estimate of drug-likeness (QED) is 0.532. The normalized spacial score (nSPS) is 15.0. The number of nitrogens with zero attached hydrogens (tertiary/aromatic N) is 3. The van der Waals surface area contributed by atoms with Gasteiger partial charge in [0.05, 0.1) is 34.7 Å². The van der Waals surface area contributed by atoms with Crippen LogP contribution in [-0.4, -0.2) is 38.5 Å². The zero-order chi connectivity index (χ0) is 21.5. The molecule has 0 fully saturated rings. The van der Waals surface area contributed by atoms with Gasteiger partial charge in [0, 0.05) is 23.7 Å². The first-order valence-corrected chi connectivity index (χ1v) is 10.3. The molecular weight excluding hydrogens is 390 g/mol. The Balaban J connectivity index is 1.26. The number of aromatic nitrogens is 4. The van der Waals surface area contributed by atoms with Gasteiger partial charge in [0.25, 0.3) is 5.91 Å². The third-order valence-electron chi connectivity index (χ3n) is 5.50. The fourth-order valence-electron chi connectivity index (χ4n) is 3.98. The maximum absolute atomic E-state index is 12.6. The number of amides is 1. The van der Waals surface area contributed by atoms with Crippen molar-refractivity contribution < 1.29 is 9.53 Å². The first-order valence-electron chi connectivity index (χ1n) is 10.3. The van der Waals surface area contributed by atoms with E-state index < -0.39 is 0 Å². The van der Waals surface area contributed by atoms with Crippen LogP contribution in [0.25, 0.3) is 22.3 Å². The molecule has 7 heteroatoms. The second-order valence-electron chi connectivity index (χ2n) is 7.98. The number of benzene rings is 2. The first kappa shape index (κ1) is 19.2. The van der Waals surface area contributed by atoms with Gasteiger partial charge in [-0.15, -0.1) is 0 Å². The maximum Gasteiger partial charge on any atom is 0.251 e. The highest BCUT2D eigenvalue weighted by Gasteiger charge is 2.24. The first-order chi connectivity index (χ1) is 15.0. The molecule has 0 spiro atoms. The number of imidazole rings is 1. The van der Waals surface area contributed by atoms with E-state index in [1.54, 1.807) is 12.3 Å². The van der Waals surface area contributed by atoms with Crippen LogP contribution in [0.2, 0.25) is 0 Å². The number of carbonyl (C=O) groups is 1. The average molecular weight is 413 g/mol. The van der Waals surface area contributed by atoms with E-state index in [0.29, 0.717) is 12.1 Å². The van der Waals surface area contributed by atoms with Crippen LogP contribution in [0.4, 0.5) is 0 Å². The summed E-state index contributed by atoms with van der Waals surface area (Å²) in [6.45, 7) is 6.24. The molecule has 0 aliphatic carbocycles. The molecule has 156 valence electrons. The minimum Gasteiger partial charge on any atom is -0.488 e. The Kier molecular flexibility index (Phi) is 4.66. The van der Waals surface area contributed by atoms with Crippen molar-refractivity contribution in [3.63, 3.8) is 0 Å². The lowest BCUT2D eigenvalue weighted by atomic mass is 10.0. The Morgan fingerprint density at radius 3 is 2.90 bits per heavy atom. The topological polar surface area (TPSA) is 92.8 Å². The largest absolute Gasteiger partial charge is 0.488 e. The monoisotopic (exact) mass is 413 g/mol. The van der Waals surface area contributed by atoms with Crippen LogP contribution in [0.15, 0.2) is 42.6 Å². The minimum absolute atomic E-state index is 0.1000. The second-order valence-corrected chi connectivity index (χ2v) is 7.98. The highest BCUT2D eigenvalue weighted by atomic mass is 16.5. The third kappa shape index (κ3) is 3.74. The lowest BCUT2D eigenvalue weighted by molar-refractivity contribution is 0.0933. The van der Waals surface area contributed by atoms with E-state index in [1.807, 2.05) is 45.0 Å². The predicted molar refractivity (Wildman–Crippen MR) is 118 cm³/mol. The molecule has 0 radical (unpaired) electrons. The van der Waals surface area contributed by atoms with Gasteiger partial charge in [-0.25, -0.2) is 9.97 Å². The predicted octanol–water partition coefficient (Wildman–Crippen LogP) is 3.68. The Hall–Kier alpha value is -3.74. The minimum atomic E-state index is -0.125. The fourth-order valence-corrected chi connectivity index (χ4v) is 3.98. The van der Waals surface area contributed by atoms with Crippen LogP contribution in [0.5, 0.6) is 5.75 Å². The molecule has 5 rings (SSSR count). The van der Waals surface area contributed by atoms with Gasteiger partial charge in [-0.1, -0.05) is 0 Å². The number of fused-ring (bicyclic) bond motifs is 2. The lowest BCUT2D eigenvalue weighted by Crippen LogP contribution is -2.34. The van der Waals surface area contributed by atoms with Crippen LogP contribution >= 0.6 is 0 Å². The number of H-pyrrole nitrogens is 1. The average Bonchev–Trinajstić information content (AvgIpc) is 3.34. The molecule has 1 aliphatic rings. The van der Waals surface area contributed by atoms with E-state index in [0.717, 1.165) is 57.2 Å². The number of hydrogen-bond acceptors (Lipinski definition) is 5. The lowest BCUT2D eigenvalue weighted by Gasteiger charge is -2.12. The van der Waals surface area contributed by atoms with E-state index in [9.17, 15) is 4.79 Å². The number of carbonyl (C=O) groups excluding carboxylic acids is 1. The van der Waals surface area contributed by atoms with Gasteiger partial charge in [-0.05, 0) is 62.7 Å². The van der Waals surface area contributed by atoms with Crippen molar-refractivity contribution in [3.8, 4) is 17.0 Å². The number of rotatable bonds is 4. The van der Waals surface area contributed by atoms with Gasteiger partial charge in [0.2, 0.25) is 0 Å². The molecule has 2 aromatic carbocycles. The van der Waals surface area contributed by atoms with Crippen molar-refractivity contribution in [3.05, 3.63) is 70.9 Å². The van der Waals surface area contributed by atoms with E-state index in [4.69, 9.17) is 4.74 Å². The zero-order valence-electron chi connectivity index (χ0n) is 17.7. The van der Waals surface area contributed by atoms with Crippen molar-refractivity contribution in [1.29, 1.82) is 0 Å². The molecule has 3 heterocycles. The summed E-state index contributed by atoms with van der Waals surface area (Å²) in [4.78, 5) is 29.2. The molecule has 7 nitrogen and oxygen atoms in total. The Morgan fingerprint density at radius 2 is 2.03 bits per heavy atom. The van der Waals surface area contributed by atoms with Crippen LogP contribution in [0.3, 0.4) is 0 Å². The zero-order valence-corrected chi connectivity index (χ0v) is 17.7. The third-order valence-corrected chi connectivity index (χ3v) is 5.50. The number of aryl methyl sites for hydroxylation is 3. The Morgan fingerprint density at radius 1 is 1.16 bits per heavy atom.